The Balaban J connectivity index is 1.39. The number of hydrogen-bond acceptors (Lipinski definition) is 7. The Bertz CT molecular complexity index is 904. The Morgan fingerprint density at radius 2 is 1.72 bits per heavy atom. The van der Waals surface area contributed by atoms with Crippen LogP contribution in [0.1, 0.15) is 6.92 Å². The molecule has 9 heteroatoms. The Labute approximate surface area is 168 Å². The molecule has 2 aromatic heterocycles. The molecule has 0 aliphatic carbocycles. The number of nitrogens with zero attached hydrogens (tertiary/aromatic N) is 3. The Kier molecular flexibility index (Phi) is 7.16. The highest BCUT2D eigenvalue weighted by Crippen LogP contribution is 2.23. The van der Waals surface area contributed by atoms with E-state index in [9.17, 15) is 4.79 Å². The number of pyridine rings is 1. The van der Waals surface area contributed by atoms with Crippen LogP contribution >= 0.6 is 0 Å². The van der Waals surface area contributed by atoms with Crippen LogP contribution in [-0.4, -0.2) is 40.9 Å². The van der Waals surface area contributed by atoms with Gasteiger partial charge in [-0.15, -0.1) is 10.2 Å². The number of benzene rings is 1. The van der Waals surface area contributed by atoms with E-state index >= 15 is 0 Å². The molecule has 2 amide bonds. The summed E-state index contributed by atoms with van der Waals surface area (Å²) in [7, 11) is 0. The van der Waals surface area contributed by atoms with E-state index < -0.39 is 0 Å². The monoisotopic (exact) mass is 393 g/mol. The first-order valence-electron chi connectivity index (χ1n) is 9.26. The number of rotatable bonds is 9. The highest BCUT2D eigenvalue weighted by Gasteiger charge is 2.06. The summed E-state index contributed by atoms with van der Waals surface area (Å²) < 4.78 is 5.49. The van der Waals surface area contributed by atoms with Crippen LogP contribution in [0.2, 0.25) is 0 Å². The van der Waals surface area contributed by atoms with E-state index in [1.165, 1.54) is 0 Å². The van der Waals surface area contributed by atoms with Crippen LogP contribution in [0.25, 0.3) is 0 Å². The summed E-state index contributed by atoms with van der Waals surface area (Å²) in [5.74, 6) is 1.89. The average Bonchev–Trinajstić information content (AvgIpc) is 2.75. The third-order valence-corrected chi connectivity index (χ3v) is 3.77. The summed E-state index contributed by atoms with van der Waals surface area (Å²) in [6, 6.07) is 14.3. The van der Waals surface area contributed by atoms with Crippen molar-refractivity contribution in [3.05, 3.63) is 60.9 Å². The molecular formula is C20H23N7O2. The zero-order valence-corrected chi connectivity index (χ0v) is 16.1. The number of aromatic nitrogens is 3. The number of para-hydroxylation sites is 2. The molecule has 0 atom stereocenters. The fraction of sp³-hybridized carbons (Fsp3) is 0.200. The molecule has 3 aromatic rings. The quantitative estimate of drug-likeness (QED) is 0.413. The minimum absolute atomic E-state index is 0.304. The zero-order valence-electron chi connectivity index (χ0n) is 16.1. The van der Waals surface area contributed by atoms with Gasteiger partial charge in [0.25, 0.3) is 0 Å². The lowest BCUT2D eigenvalue weighted by molar-refractivity contribution is 0.252. The van der Waals surface area contributed by atoms with Gasteiger partial charge in [0.1, 0.15) is 11.6 Å². The van der Waals surface area contributed by atoms with E-state index in [0.29, 0.717) is 42.8 Å². The van der Waals surface area contributed by atoms with Gasteiger partial charge in [-0.2, -0.15) is 0 Å². The highest BCUT2D eigenvalue weighted by molar-refractivity contribution is 5.90. The minimum atomic E-state index is -0.304. The number of hydrogen-bond donors (Lipinski definition) is 4. The Hall–Kier alpha value is -3.88. The van der Waals surface area contributed by atoms with Gasteiger partial charge in [0, 0.05) is 31.2 Å². The van der Waals surface area contributed by atoms with E-state index in [1.54, 1.807) is 18.5 Å². The highest BCUT2D eigenvalue weighted by atomic mass is 16.5. The molecule has 2 heterocycles. The summed E-state index contributed by atoms with van der Waals surface area (Å²) in [5, 5.41) is 20.0. The molecule has 0 fully saturated rings. The average molecular weight is 393 g/mol. The molecular weight excluding hydrogens is 370 g/mol. The van der Waals surface area contributed by atoms with Crippen LogP contribution in [0.3, 0.4) is 0 Å². The van der Waals surface area contributed by atoms with Gasteiger partial charge < -0.3 is 26.0 Å². The first kappa shape index (κ1) is 19.9. The van der Waals surface area contributed by atoms with E-state index in [4.69, 9.17) is 4.74 Å². The number of ether oxygens (including phenoxy) is 1. The van der Waals surface area contributed by atoms with E-state index in [0.717, 1.165) is 5.69 Å². The molecule has 150 valence electrons. The van der Waals surface area contributed by atoms with Gasteiger partial charge in [0.15, 0.2) is 5.82 Å². The van der Waals surface area contributed by atoms with Gasteiger partial charge in [0.2, 0.25) is 0 Å². The Morgan fingerprint density at radius 3 is 2.48 bits per heavy atom. The molecule has 0 spiro atoms. The normalized spacial score (nSPS) is 10.1. The number of nitrogens with one attached hydrogen (secondary N) is 4. The summed E-state index contributed by atoms with van der Waals surface area (Å²) in [5.41, 5.74) is 1.51. The van der Waals surface area contributed by atoms with Crippen molar-refractivity contribution >= 4 is 29.0 Å². The van der Waals surface area contributed by atoms with E-state index in [1.807, 2.05) is 49.4 Å². The Morgan fingerprint density at radius 1 is 0.966 bits per heavy atom. The van der Waals surface area contributed by atoms with Gasteiger partial charge in [-0.05, 0) is 43.3 Å². The fourth-order valence-corrected chi connectivity index (χ4v) is 2.46. The minimum Gasteiger partial charge on any atom is -0.492 e. The number of carbonyl (C=O) groups is 1. The molecule has 0 saturated heterocycles. The van der Waals surface area contributed by atoms with Crippen LogP contribution in [0.5, 0.6) is 5.75 Å². The molecule has 29 heavy (non-hydrogen) atoms. The van der Waals surface area contributed by atoms with Crippen LogP contribution in [-0.2, 0) is 0 Å². The molecule has 4 N–H and O–H groups in total. The summed E-state index contributed by atoms with van der Waals surface area (Å²) >= 11 is 0. The van der Waals surface area contributed by atoms with Crippen molar-refractivity contribution in [3.63, 3.8) is 0 Å². The summed E-state index contributed by atoms with van der Waals surface area (Å²) in [6.07, 6.45) is 3.40. The number of anilines is 4. The van der Waals surface area contributed by atoms with Gasteiger partial charge in [-0.25, -0.2) is 4.79 Å². The van der Waals surface area contributed by atoms with E-state index in [-0.39, 0.29) is 6.03 Å². The molecule has 0 aliphatic rings. The second-order valence-corrected chi connectivity index (χ2v) is 5.90. The van der Waals surface area contributed by atoms with Crippen molar-refractivity contribution in [2.24, 2.45) is 0 Å². The van der Waals surface area contributed by atoms with Gasteiger partial charge >= 0.3 is 6.03 Å². The van der Waals surface area contributed by atoms with Crippen molar-refractivity contribution in [1.29, 1.82) is 0 Å². The van der Waals surface area contributed by atoms with Crippen molar-refractivity contribution in [2.45, 2.75) is 6.92 Å². The lowest BCUT2D eigenvalue weighted by atomic mass is 10.3. The smallest absolute Gasteiger partial charge is 0.319 e. The maximum absolute atomic E-state index is 12.1. The van der Waals surface area contributed by atoms with Crippen LogP contribution in [0.15, 0.2) is 60.9 Å². The van der Waals surface area contributed by atoms with Gasteiger partial charge in [-0.3, -0.25) is 4.98 Å². The number of urea groups is 1. The van der Waals surface area contributed by atoms with Crippen LogP contribution in [0.4, 0.5) is 27.8 Å². The summed E-state index contributed by atoms with van der Waals surface area (Å²) in [6.45, 7) is 3.35. The topological polar surface area (TPSA) is 113 Å². The molecule has 1 aromatic carbocycles. The van der Waals surface area contributed by atoms with Crippen LogP contribution < -0.4 is 26.0 Å². The van der Waals surface area contributed by atoms with Crippen LogP contribution in [0, 0.1) is 0 Å². The van der Waals surface area contributed by atoms with Gasteiger partial charge in [0.05, 0.1) is 12.3 Å². The summed E-state index contributed by atoms with van der Waals surface area (Å²) in [4.78, 5) is 16.0. The van der Waals surface area contributed by atoms with E-state index in [2.05, 4.69) is 36.4 Å². The lowest BCUT2D eigenvalue weighted by Gasteiger charge is -2.12. The molecule has 9 nitrogen and oxygen atoms in total. The van der Waals surface area contributed by atoms with Gasteiger partial charge in [-0.1, -0.05) is 12.1 Å². The van der Waals surface area contributed by atoms with Crippen molar-refractivity contribution in [3.8, 4) is 5.75 Å². The second kappa shape index (κ2) is 10.5. The number of amides is 2. The number of carbonyl (C=O) groups excluding carboxylic acids is 1. The molecule has 0 bridgehead atoms. The molecule has 3 rings (SSSR count). The third kappa shape index (κ3) is 6.35. The zero-order chi connectivity index (χ0) is 20.3. The largest absolute Gasteiger partial charge is 0.492 e. The van der Waals surface area contributed by atoms with Crippen molar-refractivity contribution in [1.82, 2.24) is 20.5 Å². The third-order valence-electron chi connectivity index (χ3n) is 3.77. The standard InChI is InChI=1S/C20H23N7O2/c1-2-29-17-6-4-3-5-16(17)25-20(28)23-14-13-22-18-7-8-19(27-26-18)24-15-9-11-21-12-10-15/h3-12H,2,13-14H2,1H3,(H,22,26)(H,21,24,27)(H2,23,25,28). The SMILES string of the molecule is CCOc1ccccc1NC(=O)NCCNc1ccc(Nc2ccncc2)nn1. The molecule has 0 unspecified atom stereocenters. The molecule has 0 radical (unpaired) electrons. The first-order valence-corrected chi connectivity index (χ1v) is 9.26. The molecule has 0 saturated carbocycles. The maximum atomic E-state index is 12.1. The predicted molar refractivity (Wildman–Crippen MR) is 113 cm³/mol. The maximum Gasteiger partial charge on any atom is 0.319 e. The first-order chi connectivity index (χ1) is 14.2. The lowest BCUT2D eigenvalue weighted by Crippen LogP contribution is -2.32. The molecule has 0 aliphatic heterocycles. The fourth-order valence-electron chi connectivity index (χ4n) is 2.46. The van der Waals surface area contributed by atoms with Crippen molar-refractivity contribution in [2.75, 3.05) is 35.6 Å². The van der Waals surface area contributed by atoms with Crippen molar-refractivity contribution < 1.29 is 9.53 Å². The predicted octanol–water partition coefficient (Wildman–Crippen LogP) is 3.25. The second-order valence-electron chi connectivity index (χ2n) is 5.90.